The summed E-state index contributed by atoms with van der Waals surface area (Å²) in [6, 6.07) is 18.8. The van der Waals surface area contributed by atoms with Crippen LogP contribution < -0.4 is 15.4 Å². The van der Waals surface area contributed by atoms with Crippen molar-refractivity contribution in [2.45, 2.75) is 68.9 Å². The fourth-order valence-electron chi connectivity index (χ4n) is 8.08. The van der Waals surface area contributed by atoms with E-state index in [1.807, 2.05) is 7.11 Å². The zero-order chi connectivity index (χ0) is 23.7. The van der Waals surface area contributed by atoms with Gasteiger partial charge in [0.25, 0.3) is 0 Å². The average Bonchev–Trinajstić information content (AvgIpc) is 3.32. The molecule has 3 fully saturated rings. The molecule has 0 radical (unpaired) electrons. The molecule has 6 rings (SSSR count). The molecule has 2 N–H and O–H groups in total. The number of nitrogens with zero attached hydrogens (tertiary/aromatic N) is 1. The number of rotatable bonds is 5. The molecule has 0 bridgehead atoms. The van der Waals surface area contributed by atoms with Crippen molar-refractivity contribution in [2.24, 2.45) is 11.8 Å². The summed E-state index contributed by atoms with van der Waals surface area (Å²) >= 11 is 0. The minimum atomic E-state index is 0.162. The second kappa shape index (κ2) is 10.2. The summed E-state index contributed by atoms with van der Waals surface area (Å²) in [6.45, 7) is 6.63. The third-order valence-corrected chi connectivity index (χ3v) is 9.92. The lowest BCUT2D eigenvalue weighted by Gasteiger charge is -2.48. The standard InChI is InChI=1S/C31H43N3O/c1-35-30-14-8-13-28-27(30)19-33-22-31(28)21-32-18-26(31)20-34-16-15-25(23-9-4-2-5-10-23)17-29(34)24-11-6-3-7-12-24/h2,4-5,8-10,13-14,24-26,29,32-33H,3,6-7,11-12,15-22H2,1H3/t25-,26+,29+,31+/m1/s1. The van der Waals surface area contributed by atoms with Crippen molar-refractivity contribution in [2.75, 3.05) is 39.8 Å². The van der Waals surface area contributed by atoms with Gasteiger partial charge in [-0.1, -0.05) is 61.7 Å². The Kier molecular flexibility index (Phi) is 6.88. The van der Waals surface area contributed by atoms with Gasteiger partial charge in [-0.15, -0.1) is 0 Å². The molecule has 0 aromatic heterocycles. The first kappa shape index (κ1) is 23.5. The zero-order valence-electron chi connectivity index (χ0n) is 21.5. The van der Waals surface area contributed by atoms with E-state index in [-0.39, 0.29) is 5.41 Å². The quantitative estimate of drug-likeness (QED) is 0.635. The lowest BCUT2D eigenvalue weighted by atomic mass is 9.68. The highest BCUT2D eigenvalue weighted by Gasteiger charge is 2.49. The predicted molar refractivity (Wildman–Crippen MR) is 143 cm³/mol. The number of hydrogen-bond donors (Lipinski definition) is 2. The second-order valence-corrected chi connectivity index (χ2v) is 11.7. The first-order valence-corrected chi connectivity index (χ1v) is 14.2. The maximum atomic E-state index is 5.78. The SMILES string of the molecule is COc1cccc2c1CNC[C@]21CNC[C@H]1CN1CC[C@@H](c2ccccc2)C[C@H]1C1CCCCC1. The molecule has 3 aliphatic heterocycles. The summed E-state index contributed by atoms with van der Waals surface area (Å²) in [4.78, 5) is 2.95. The van der Waals surface area contributed by atoms with Gasteiger partial charge in [0.15, 0.2) is 0 Å². The van der Waals surface area contributed by atoms with E-state index in [4.69, 9.17) is 4.74 Å². The van der Waals surface area contributed by atoms with Gasteiger partial charge in [-0.25, -0.2) is 0 Å². The van der Waals surface area contributed by atoms with Crippen molar-refractivity contribution in [3.63, 3.8) is 0 Å². The molecule has 2 saturated heterocycles. The molecule has 2 aromatic rings. The Labute approximate surface area is 211 Å². The topological polar surface area (TPSA) is 36.5 Å². The molecule has 4 nitrogen and oxygen atoms in total. The van der Waals surface area contributed by atoms with E-state index < -0.39 is 0 Å². The van der Waals surface area contributed by atoms with Gasteiger partial charge in [-0.3, -0.25) is 4.90 Å². The fourth-order valence-corrected chi connectivity index (χ4v) is 8.08. The molecule has 0 unspecified atom stereocenters. The van der Waals surface area contributed by atoms with Crippen molar-refractivity contribution in [3.8, 4) is 5.75 Å². The molecule has 4 atom stereocenters. The zero-order valence-corrected chi connectivity index (χ0v) is 21.5. The molecule has 188 valence electrons. The van der Waals surface area contributed by atoms with Crippen LogP contribution in [0, 0.1) is 11.8 Å². The minimum Gasteiger partial charge on any atom is -0.496 e. The van der Waals surface area contributed by atoms with Gasteiger partial charge in [-0.05, 0) is 67.2 Å². The van der Waals surface area contributed by atoms with E-state index in [9.17, 15) is 0 Å². The minimum absolute atomic E-state index is 0.162. The lowest BCUT2D eigenvalue weighted by molar-refractivity contribution is 0.0499. The Morgan fingerprint density at radius 2 is 1.77 bits per heavy atom. The number of nitrogens with one attached hydrogen (secondary N) is 2. The highest BCUT2D eigenvalue weighted by atomic mass is 16.5. The van der Waals surface area contributed by atoms with Crippen LogP contribution >= 0.6 is 0 Å². The largest absolute Gasteiger partial charge is 0.496 e. The van der Waals surface area contributed by atoms with Crippen molar-refractivity contribution in [1.29, 1.82) is 0 Å². The Balaban J connectivity index is 1.27. The van der Waals surface area contributed by atoms with E-state index in [2.05, 4.69) is 64.1 Å². The summed E-state index contributed by atoms with van der Waals surface area (Å²) < 4.78 is 5.78. The van der Waals surface area contributed by atoms with Gasteiger partial charge in [0.05, 0.1) is 7.11 Å². The number of piperidine rings is 1. The van der Waals surface area contributed by atoms with E-state index in [0.717, 1.165) is 49.8 Å². The van der Waals surface area contributed by atoms with Crippen LogP contribution in [0.5, 0.6) is 5.75 Å². The van der Waals surface area contributed by atoms with E-state index in [0.29, 0.717) is 5.92 Å². The van der Waals surface area contributed by atoms with Crippen LogP contribution in [0.1, 0.15) is 67.6 Å². The van der Waals surface area contributed by atoms with Crippen LogP contribution in [0.4, 0.5) is 0 Å². The van der Waals surface area contributed by atoms with E-state index >= 15 is 0 Å². The van der Waals surface area contributed by atoms with Gasteiger partial charge >= 0.3 is 0 Å². The number of ether oxygens (including phenoxy) is 1. The maximum Gasteiger partial charge on any atom is 0.123 e. The number of benzene rings is 2. The summed E-state index contributed by atoms with van der Waals surface area (Å²) in [5, 5.41) is 7.60. The van der Waals surface area contributed by atoms with Crippen molar-refractivity contribution in [3.05, 3.63) is 65.2 Å². The molecule has 0 amide bonds. The van der Waals surface area contributed by atoms with Gasteiger partial charge in [-0.2, -0.15) is 0 Å². The molecule has 1 saturated carbocycles. The van der Waals surface area contributed by atoms with Crippen LogP contribution in [0.15, 0.2) is 48.5 Å². The monoisotopic (exact) mass is 473 g/mol. The summed E-state index contributed by atoms with van der Waals surface area (Å²) in [6.07, 6.45) is 9.78. The van der Waals surface area contributed by atoms with Gasteiger partial charge in [0, 0.05) is 49.7 Å². The molecule has 2 aromatic carbocycles. The molecule has 35 heavy (non-hydrogen) atoms. The van der Waals surface area contributed by atoms with Crippen LogP contribution in [0.25, 0.3) is 0 Å². The smallest absolute Gasteiger partial charge is 0.123 e. The molecule has 1 aliphatic carbocycles. The highest BCUT2D eigenvalue weighted by Crippen LogP contribution is 2.45. The lowest BCUT2D eigenvalue weighted by Crippen LogP contribution is -2.54. The number of methoxy groups -OCH3 is 1. The van der Waals surface area contributed by atoms with Crippen LogP contribution in [0.3, 0.4) is 0 Å². The highest BCUT2D eigenvalue weighted by molar-refractivity contribution is 5.47. The summed E-state index contributed by atoms with van der Waals surface area (Å²) in [5.41, 5.74) is 4.63. The van der Waals surface area contributed by atoms with E-state index in [1.54, 1.807) is 5.56 Å². The number of hydrogen-bond acceptors (Lipinski definition) is 4. The average molecular weight is 474 g/mol. The third kappa shape index (κ3) is 4.43. The first-order chi connectivity index (χ1) is 17.3. The fraction of sp³-hybridized carbons (Fsp3) is 0.613. The number of fused-ring (bicyclic) bond motifs is 2. The van der Waals surface area contributed by atoms with Gasteiger partial charge in [0.1, 0.15) is 5.75 Å². The van der Waals surface area contributed by atoms with Gasteiger partial charge < -0.3 is 15.4 Å². The Bertz CT molecular complexity index is 988. The maximum absolute atomic E-state index is 5.78. The first-order valence-electron chi connectivity index (χ1n) is 14.2. The van der Waals surface area contributed by atoms with Crippen molar-refractivity contribution >= 4 is 0 Å². The second-order valence-electron chi connectivity index (χ2n) is 11.7. The Morgan fingerprint density at radius 3 is 2.60 bits per heavy atom. The van der Waals surface area contributed by atoms with E-state index in [1.165, 1.54) is 69.2 Å². The van der Waals surface area contributed by atoms with Gasteiger partial charge in [0.2, 0.25) is 0 Å². The molecule has 4 aliphatic rings. The molecule has 1 spiro atoms. The number of likely N-dealkylation sites (tertiary alicyclic amines) is 1. The molecular weight excluding hydrogens is 430 g/mol. The van der Waals surface area contributed by atoms with Crippen LogP contribution in [0.2, 0.25) is 0 Å². The van der Waals surface area contributed by atoms with Crippen LogP contribution in [-0.4, -0.2) is 50.8 Å². The van der Waals surface area contributed by atoms with Crippen molar-refractivity contribution in [1.82, 2.24) is 15.5 Å². The summed E-state index contributed by atoms with van der Waals surface area (Å²) in [7, 11) is 1.81. The molecule has 3 heterocycles. The van der Waals surface area contributed by atoms with Crippen molar-refractivity contribution < 1.29 is 4.74 Å². The normalized spacial score (nSPS) is 32.0. The van der Waals surface area contributed by atoms with Crippen LogP contribution in [-0.2, 0) is 12.0 Å². The third-order valence-electron chi connectivity index (χ3n) is 9.92. The molecular formula is C31H43N3O. The molecule has 4 heteroatoms. The summed E-state index contributed by atoms with van der Waals surface area (Å²) in [5.74, 6) is 3.26. The Hall–Kier alpha value is -1.88. The predicted octanol–water partition coefficient (Wildman–Crippen LogP) is 5.08. The Morgan fingerprint density at radius 1 is 0.943 bits per heavy atom.